The van der Waals surface area contributed by atoms with Crippen LogP contribution in [0.1, 0.15) is 60.8 Å². The van der Waals surface area contributed by atoms with E-state index < -0.39 is 0 Å². The summed E-state index contributed by atoms with van der Waals surface area (Å²) in [6, 6.07) is 1.66. The molecule has 1 amide bonds. The van der Waals surface area contributed by atoms with E-state index in [9.17, 15) is 9.90 Å². The van der Waals surface area contributed by atoms with Gasteiger partial charge in [0.15, 0.2) is 0 Å². The molecule has 2 aliphatic rings. The van der Waals surface area contributed by atoms with E-state index in [4.69, 9.17) is 0 Å². The van der Waals surface area contributed by atoms with E-state index in [1.165, 1.54) is 0 Å². The average Bonchev–Trinajstić information content (AvgIpc) is 3.30. The predicted molar refractivity (Wildman–Crippen MR) is 74.3 cm³/mol. The van der Waals surface area contributed by atoms with Gasteiger partial charge in [-0.25, -0.2) is 9.97 Å². The van der Waals surface area contributed by atoms with Gasteiger partial charge in [-0.1, -0.05) is 6.42 Å². The smallest absolute Gasteiger partial charge is 0.270 e. The molecule has 0 spiro atoms. The number of aliphatic hydroxyl groups excluding tert-OH is 1. The van der Waals surface area contributed by atoms with Crippen LogP contribution in [0.4, 0.5) is 0 Å². The molecule has 5 nitrogen and oxygen atoms in total. The number of hydrogen-bond donors (Lipinski definition) is 2. The molecule has 2 aliphatic carbocycles. The molecule has 2 unspecified atom stereocenters. The standard InChI is InChI=1S/C15H21N3O2/c19-12-3-1-2-10(8-12)9-17-15(20)13-6-7-16-14(18-13)11-4-5-11/h6-7,10-12,19H,1-5,8-9H2,(H,17,20). The van der Waals surface area contributed by atoms with E-state index in [-0.39, 0.29) is 12.0 Å². The van der Waals surface area contributed by atoms with Crippen LogP contribution in [-0.2, 0) is 0 Å². The van der Waals surface area contributed by atoms with Crippen LogP contribution in [0.3, 0.4) is 0 Å². The Labute approximate surface area is 118 Å². The number of amides is 1. The Balaban J connectivity index is 1.54. The van der Waals surface area contributed by atoms with Crippen LogP contribution in [-0.4, -0.2) is 33.6 Å². The van der Waals surface area contributed by atoms with Crippen LogP contribution in [0.15, 0.2) is 12.3 Å². The van der Waals surface area contributed by atoms with Crippen molar-refractivity contribution in [2.45, 2.75) is 50.5 Å². The molecular formula is C15H21N3O2. The van der Waals surface area contributed by atoms with Crippen molar-refractivity contribution in [3.05, 3.63) is 23.8 Å². The zero-order valence-corrected chi connectivity index (χ0v) is 11.6. The fourth-order valence-corrected chi connectivity index (χ4v) is 2.81. The molecule has 0 aromatic carbocycles. The lowest BCUT2D eigenvalue weighted by Gasteiger charge is -2.25. The van der Waals surface area contributed by atoms with E-state index in [1.807, 2.05) is 0 Å². The summed E-state index contributed by atoms with van der Waals surface area (Å²) in [6.07, 6.45) is 7.52. The largest absolute Gasteiger partial charge is 0.393 e. The highest BCUT2D eigenvalue weighted by atomic mass is 16.3. The molecule has 3 rings (SSSR count). The van der Waals surface area contributed by atoms with Crippen LogP contribution in [0.5, 0.6) is 0 Å². The van der Waals surface area contributed by atoms with Crippen molar-refractivity contribution in [3.63, 3.8) is 0 Å². The summed E-state index contributed by atoms with van der Waals surface area (Å²) in [4.78, 5) is 20.7. The number of hydrogen-bond acceptors (Lipinski definition) is 4. The Morgan fingerprint density at radius 2 is 2.20 bits per heavy atom. The van der Waals surface area contributed by atoms with E-state index in [0.717, 1.165) is 44.3 Å². The van der Waals surface area contributed by atoms with Gasteiger partial charge in [-0.2, -0.15) is 0 Å². The van der Waals surface area contributed by atoms with Gasteiger partial charge in [-0.05, 0) is 44.1 Å². The van der Waals surface area contributed by atoms with Crippen molar-refractivity contribution < 1.29 is 9.90 Å². The molecule has 0 radical (unpaired) electrons. The number of aliphatic hydroxyl groups is 1. The summed E-state index contributed by atoms with van der Waals surface area (Å²) >= 11 is 0. The van der Waals surface area contributed by atoms with Gasteiger partial charge in [0.1, 0.15) is 11.5 Å². The molecule has 108 valence electrons. The molecule has 2 N–H and O–H groups in total. The number of carbonyl (C=O) groups excluding carboxylic acids is 1. The Morgan fingerprint density at radius 3 is 2.95 bits per heavy atom. The fraction of sp³-hybridized carbons (Fsp3) is 0.667. The third kappa shape index (κ3) is 3.33. The Bertz CT molecular complexity index is 488. The second kappa shape index (κ2) is 5.87. The maximum absolute atomic E-state index is 12.1. The maximum atomic E-state index is 12.1. The van der Waals surface area contributed by atoms with Gasteiger partial charge < -0.3 is 10.4 Å². The maximum Gasteiger partial charge on any atom is 0.270 e. The van der Waals surface area contributed by atoms with Gasteiger partial charge in [0, 0.05) is 18.7 Å². The first-order chi connectivity index (χ1) is 9.72. The molecule has 5 heteroatoms. The summed E-state index contributed by atoms with van der Waals surface area (Å²) in [7, 11) is 0. The first-order valence-electron chi connectivity index (χ1n) is 7.51. The third-order valence-corrected chi connectivity index (χ3v) is 4.16. The number of nitrogens with zero attached hydrogens (tertiary/aromatic N) is 2. The zero-order valence-electron chi connectivity index (χ0n) is 11.6. The lowest BCUT2D eigenvalue weighted by molar-refractivity contribution is 0.0870. The highest BCUT2D eigenvalue weighted by Gasteiger charge is 2.27. The van der Waals surface area contributed by atoms with Crippen LogP contribution in [0, 0.1) is 5.92 Å². The molecule has 1 aromatic heterocycles. The molecule has 20 heavy (non-hydrogen) atoms. The van der Waals surface area contributed by atoms with Crippen LogP contribution >= 0.6 is 0 Å². The minimum Gasteiger partial charge on any atom is -0.393 e. The van der Waals surface area contributed by atoms with E-state index in [2.05, 4.69) is 15.3 Å². The Hall–Kier alpha value is -1.49. The van der Waals surface area contributed by atoms with Gasteiger partial charge >= 0.3 is 0 Å². The molecular weight excluding hydrogens is 254 g/mol. The highest BCUT2D eigenvalue weighted by Crippen LogP contribution is 2.37. The normalized spacial score (nSPS) is 26.2. The average molecular weight is 275 g/mol. The lowest BCUT2D eigenvalue weighted by Crippen LogP contribution is -2.33. The first kappa shape index (κ1) is 13.5. The van der Waals surface area contributed by atoms with Crippen molar-refractivity contribution in [2.75, 3.05) is 6.54 Å². The minimum atomic E-state index is -0.203. The fourth-order valence-electron chi connectivity index (χ4n) is 2.81. The molecule has 1 heterocycles. The van der Waals surface area contributed by atoms with Crippen molar-refractivity contribution in [1.82, 2.24) is 15.3 Å². The molecule has 2 fully saturated rings. The first-order valence-corrected chi connectivity index (χ1v) is 7.51. The van der Waals surface area contributed by atoms with Crippen LogP contribution in [0.2, 0.25) is 0 Å². The van der Waals surface area contributed by atoms with Crippen molar-refractivity contribution >= 4 is 5.91 Å². The predicted octanol–water partition coefficient (Wildman–Crippen LogP) is 1.63. The topological polar surface area (TPSA) is 75.1 Å². The van der Waals surface area contributed by atoms with Gasteiger partial charge in [0.25, 0.3) is 5.91 Å². The number of nitrogens with one attached hydrogen (secondary N) is 1. The highest BCUT2D eigenvalue weighted by molar-refractivity contribution is 5.92. The van der Waals surface area contributed by atoms with Gasteiger partial charge in [0.2, 0.25) is 0 Å². The van der Waals surface area contributed by atoms with Crippen LogP contribution < -0.4 is 5.32 Å². The van der Waals surface area contributed by atoms with Crippen molar-refractivity contribution in [2.24, 2.45) is 5.92 Å². The number of rotatable bonds is 4. The number of carbonyl (C=O) groups is 1. The molecule has 0 aliphatic heterocycles. The molecule has 1 aromatic rings. The summed E-state index contributed by atoms with van der Waals surface area (Å²) in [5.41, 5.74) is 0.457. The quantitative estimate of drug-likeness (QED) is 0.876. The molecule has 2 saturated carbocycles. The zero-order chi connectivity index (χ0) is 13.9. The SMILES string of the molecule is O=C(NCC1CCCC(O)C1)c1ccnc(C2CC2)n1. The Morgan fingerprint density at radius 1 is 1.35 bits per heavy atom. The summed E-state index contributed by atoms with van der Waals surface area (Å²) in [6.45, 7) is 0.624. The Kier molecular flexibility index (Phi) is 3.96. The minimum absolute atomic E-state index is 0.130. The summed E-state index contributed by atoms with van der Waals surface area (Å²) < 4.78 is 0. The van der Waals surface area contributed by atoms with E-state index >= 15 is 0 Å². The van der Waals surface area contributed by atoms with E-state index in [0.29, 0.717) is 24.1 Å². The molecule has 0 saturated heterocycles. The summed E-state index contributed by atoms with van der Waals surface area (Å²) in [5, 5.41) is 12.6. The third-order valence-electron chi connectivity index (χ3n) is 4.16. The monoisotopic (exact) mass is 275 g/mol. The molecule has 2 atom stereocenters. The van der Waals surface area contributed by atoms with Gasteiger partial charge in [0.05, 0.1) is 6.10 Å². The second-order valence-electron chi connectivity index (χ2n) is 5.97. The lowest BCUT2D eigenvalue weighted by atomic mass is 9.87. The van der Waals surface area contributed by atoms with Crippen molar-refractivity contribution in [1.29, 1.82) is 0 Å². The number of aromatic nitrogens is 2. The summed E-state index contributed by atoms with van der Waals surface area (Å²) in [5.74, 6) is 1.50. The second-order valence-corrected chi connectivity index (χ2v) is 5.97. The van der Waals surface area contributed by atoms with E-state index in [1.54, 1.807) is 12.3 Å². The van der Waals surface area contributed by atoms with Crippen LogP contribution in [0.25, 0.3) is 0 Å². The van der Waals surface area contributed by atoms with Crippen molar-refractivity contribution in [3.8, 4) is 0 Å². The van der Waals surface area contributed by atoms with Gasteiger partial charge in [-0.3, -0.25) is 4.79 Å². The van der Waals surface area contributed by atoms with Gasteiger partial charge in [-0.15, -0.1) is 0 Å². The molecule has 0 bridgehead atoms.